The molecule has 0 saturated heterocycles. The molecule has 1 rings (SSSR count). The van der Waals surface area contributed by atoms with Crippen LogP contribution in [-0.4, -0.2) is 13.4 Å². The minimum Gasteiger partial charge on any atom is -0.448 e. The number of halogens is 1. The Morgan fingerprint density at radius 2 is 2.07 bits per heavy atom. The Balaban J connectivity index is 3.06. The summed E-state index contributed by atoms with van der Waals surface area (Å²) in [7, 11) is 1.56. The van der Waals surface area contributed by atoms with E-state index in [0.29, 0.717) is 11.5 Å². The second kappa shape index (κ2) is 3.55. The van der Waals surface area contributed by atoms with E-state index < -0.39 is 9.05 Å². The Morgan fingerprint density at radius 3 is 2.50 bits per heavy atom. The van der Waals surface area contributed by atoms with Crippen LogP contribution in [0.3, 0.4) is 0 Å². The second-order valence-electron chi connectivity index (χ2n) is 4.06. The number of hydrogen-bond donors (Lipinski definition) is 0. The lowest BCUT2D eigenvalue weighted by atomic mass is 9.92. The average molecular weight is 238 g/mol. The fraction of sp³-hybridized carbons (Fsp3) is 0.625. The van der Waals surface area contributed by atoms with E-state index in [9.17, 15) is 8.42 Å². The molecule has 6 heteroatoms. The van der Waals surface area contributed by atoms with Crippen molar-refractivity contribution in [3.63, 3.8) is 0 Å². The minimum absolute atomic E-state index is 0.270. The van der Waals surface area contributed by atoms with Crippen molar-refractivity contribution in [3.8, 4) is 0 Å². The zero-order chi connectivity index (χ0) is 11.0. The van der Waals surface area contributed by atoms with E-state index in [1.165, 1.54) is 6.39 Å². The number of hydrogen-bond acceptors (Lipinski definition) is 4. The first-order valence-corrected chi connectivity index (χ1v) is 6.53. The molecule has 0 aliphatic carbocycles. The molecule has 14 heavy (non-hydrogen) atoms. The first-order chi connectivity index (χ1) is 6.20. The summed E-state index contributed by atoms with van der Waals surface area (Å²) in [5.74, 6) is 0.263. The fourth-order valence-electron chi connectivity index (χ4n) is 1.15. The molecule has 0 unspecified atom stereocenters. The Hall–Kier alpha value is -0.550. The van der Waals surface area contributed by atoms with E-state index in [-0.39, 0.29) is 11.2 Å². The standard InChI is InChI=1S/C8H12ClNO3S/c1-8(2,3)7-6(10-5-13-7)4-14(9,11)12/h5H,4H2,1-3H3. The summed E-state index contributed by atoms with van der Waals surface area (Å²) in [4.78, 5) is 3.84. The predicted octanol–water partition coefficient (Wildman–Crippen LogP) is 2.04. The minimum atomic E-state index is -3.58. The topological polar surface area (TPSA) is 60.2 Å². The molecule has 0 fully saturated rings. The summed E-state index contributed by atoms with van der Waals surface area (Å²) in [6.45, 7) is 5.74. The summed E-state index contributed by atoms with van der Waals surface area (Å²) in [6.07, 6.45) is 1.23. The van der Waals surface area contributed by atoms with Crippen molar-refractivity contribution < 1.29 is 12.8 Å². The van der Waals surface area contributed by atoms with Gasteiger partial charge in [-0.2, -0.15) is 0 Å². The molecule has 0 bridgehead atoms. The third-order valence-electron chi connectivity index (χ3n) is 1.63. The van der Waals surface area contributed by atoms with Gasteiger partial charge in [0.05, 0.1) is 5.69 Å². The van der Waals surface area contributed by atoms with Crippen LogP contribution in [0.5, 0.6) is 0 Å². The van der Waals surface area contributed by atoms with Crippen molar-refractivity contribution in [3.05, 3.63) is 17.8 Å². The van der Waals surface area contributed by atoms with Gasteiger partial charge >= 0.3 is 0 Å². The van der Waals surface area contributed by atoms with E-state index in [1.54, 1.807) is 0 Å². The van der Waals surface area contributed by atoms with Crippen molar-refractivity contribution in [2.45, 2.75) is 31.9 Å². The van der Waals surface area contributed by atoms with Gasteiger partial charge in [0.15, 0.2) is 6.39 Å². The van der Waals surface area contributed by atoms with Gasteiger partial charge in [-0.25, -0.2) is 13.4 Å². The second-order valence-corrected chi connectivity index (χ2v) is 6.84. The predicted molar refractivity (Wildman–Crippen MR) is 53.7 cm³/mol. The molecule has 1 aromatic heterocycles. The van der Waals surface area contributed by atoms with E-state index in [1.807, 2.05) is 20.8 Å². The van der Waals surface area contributed by atoms with Gasteiger partial charge in [-0.1, -0.05) is 20.8 Å². The van der Waals surface area contributed by atoms with Gasteiger partial charge in [0.2, 0.25) is 9.05 Å². The van der Waals surface area contributed by atoms with Gasteiger partial charge in [-0.05, 0) is 0 Å². The molecule has 0 aliphatic heterocycles. The van der Waals surface area contributed by atoms with E-state index in [4.69, 9.17) is 15.1 Å². The molecule has 80 valence electrons. The highest BCUT2D eigenvalue weighted by Gasteiger charge is 2.25. The molecule has 0 atom stereocenters. The van der Waals surface area contributed by atoms with Gasteiger partial charge in [-0.15, -0.1) is 0 Å². The lowest BCUT2D eigenvalue weighted by Crippen LogP contribution is -2.13. The maximum absolute atomic E-state index is 10.9. The monoisotopic (exact) mass is 237 g/mol. The smallest absolute Gasteiger partial charge is 0.238 e. The van der Waals surface area contributed by atoms with Crippen LogP contribution in [0.4, 0.5) is 0 Å². The zero-order valence-corrected chi connectivity index (χ0v) is 9.82. The van der Waals surface area contributed by atoms with Crippen molar-refractivity contribution in [1.29, 1.82) is 0 Å². The molecule has 4 nitrogen and oxygen atoms in total. The Kier molecular flexibility index (Phi) is 2.92. The molecule has 0 aromatic carbocycles. The molecule has 1 heterocycles. The average Bonchev–Trinajstić information content (AvgIpc) is 2.29. The number of nitrogens with zero attached hydrogens (tertiary/aromatic N) is 1. The first-order valence-electron chi connectivity index (χ1n) is 4.05. The zero-order valence-electron chi connectivity index (χ0n) is 8.24. The van der Waals surface area contributed by atoms with Gasteiger partial charge < -0.3 is 4.42 Å². The van der Waals surface area contributed by atoms with E-state index in [2.05, 4.69) is 4.98 Å². The molecule has 0 aliphatic rings. The van der Waals surface area contributed by atoms with Crippen molar-refractivity contribution in [1.82, 2.24) is 4.98 Å². The molecule has 1 aromatic rings. The Morgan fingerprint density at radius 1 is 1.50 bits per heavy atom. The van der Waals surface area contributed by atoms with Gasteiger partial charge in [0.25, 0.3) is 0 Å². The molecule has 0 radical (unpaired) electrons. The maximum atomic E-state index is 10.9. The number of aromatic nitrogens is 1. The highest BCUT2D eigenvalue weighted by molar-refractivity contribution is 8.13. The van der Waals surface area contributed by atoms with E-state index in [0.717, 1.165) is 0 Å². The Labute approximate surface area is 87.7 Å². The lowest BCUT2D eigenvalue weighted by Gasteiger charge is -2.15. The van der Waals surface area contributed by atoms with Crippen LogP contribution in [-0.2, 0) is 20.2 Å². The van der Waals surface area contributed by atoms with Crippen molar-refractivity contribution in [2.75, 3.05) is 0 Å². The molecular formula is C8H12ClNO3S. The normalized spacial score (nSPS) is 13.1. The fourth-order valence-corrected chi connectivity index (χ4v) is 1.99. The van der Waals surface area contributed by atoms with Crippen LogP contribution in [0.2, 0.25) is 0 Å². The van der Waals surface area contributed by atoms with Crippen LogP contribution >= 0.6 is 10.7 Å². The molecule has 0 saturated carbocycles. The summed E-state index contributed by atoms with van der Waals surface area (Å²) in [5.41, 5.74) is 0.112. The van der Waals surface area contributed by atoms with Crippen LogP contribution in [0, 0.1) is 0 Å². The van der Waals surface area contributed by atoms with Crippen LogP contribution in [0.15, 0.2) is 10.8 Å². The quantitative estimate of drug-likeness (QED) is 0.739. The maximum Gasteiger partial charge on any atom is 0.238 e. The largest absolute Gasteiger partial charge is 0.448 e. The van der Waals surface area contributed by atoms with Crippen LogP contribution < -0.4 is 0 Å². The summed E-state index contributed by atoms with van der Waals surface area (Å²) < 4.78 is 26.9. The summed E-state index contributed by atoms with van der Waals surface area (Å²) >= 11 is 0. The van der Waals surface area contributed by atoms with Crippen molar-refractivity contribution in [2.24, 2.45) is 0 Å². The van der Waals surface area contributed by atoms with Gasteiger partial charge in [-0.3, -0.25) is 0 Å². The molecule has 0 amide bonds. The highest BCUT2D eigenvalue weighted by atomic mass is 35.7. The SMILES string of the molecule is CC(C)(C)c1ocnc1CS(=O)(=O)Cl. The third kappa shape index (κ3) is 2.99. The molecule has 0 N–H and O–H groups in total. The Bertz CT molecular complexity index is 416. The molecular weight excluding hydrogens is 226 g/mol. The highest BCUT2D eigenvalue weighted by Crippen LogP contribution is 2.26. The summed E-state index contributed by atoms with van der Waals surface area (Å²) in [5, 5.41) is 0. The van der Waals surface area contributed by atoms with Crippen molar-refractivity contribution >= 4 is 19.7 Å². The third-order valence-corrected chi connectivity index (χ3v) is 2.58. The van der Waals surface area contributed by atoms with Crippen LogP contribution in [0.1, 0.15) is 32.2 Å². The number of rotatable bonds is 2. The molecule has 0 spiro atoms. The van der Waals surface area contributed by atoms with Gasteiger partial charge in [0.1, 0.15) is 11.5 Å². The number of oxazole rings is 1. The van der Waals surface area contributed by atoms with E-state index >= 15 is 0 Å². The first kappa shape index (κ1) is 11.5. The lowest BCUT2D eigenvalue weighted by molar-refractivity contribution is 0.404. The van der Waals surface area contributed by atoms with Crippen LogP contribution in [0.25, 0.3) is 0 Å². The van der Waals surface area contributed by atoms with Gasteiger partial charge in [0, 0.05) is 16.1 Å². The summed E-state index contributed by atoms with van der Waals surface area (Å²) in [6, 6.07) is 0.